The van der Waals surface area contributed by atoms with Gasteiger partial charge in [-0.3, -0.25) is 0 Å². The summed E-state index contributed by atoms with van der Waals surface area (Å²) in [6, 6.07) is 90.0. The Labute approximate surface area is 411 Å². The zero-order chi connectivity index (χ0) is 46.5. The Morgan fingerprint density at radius 3 is 1.49 bits per heavy atom. The highest BCUT2D eigenvalue weighted by Crippen LogP contribution is 2.53. The molecule has 0 fully saturated rings. The Hall–Kier alpha value is -8.50. The normalized spacial score (nSPS) is 12.8. The van der Waals surface area contributed by atoms with Crippen molar-refractivity contribution in [1.29, 1.82) is 0 Å². The van der Waals surface area contributed by atoms with Crippen LogP contribution in [0.5, 0.6) is 0 Å². The molecule has 0 saturated carbocycles. The van der Waals surface area contributed by atoms with Crippen LogP contribution in [-0.2, 0) is 5.41 Å². The molecule has 0 radical (unpaired) electrons. The van der Waals surface area contributed by atoms with E-state index in [2.05, 4.69) is 266 Å². The summed E-state index contributed by atoms with van der Waals surface area (Å²) in [5.41, 5.74) is 14.2. The van der Waals surface area contributed by atoms with Crippen LogP contribution < -0.4 is 9.80 Å². The van der Waals surface area contributed by atoms with Crippen LogP contribution >= 0.6 is 11.3 Å². The largest absolute Gasteiger partial charge is 0.310 e. The van der Waals surface area contributed by atoms with E-state index in [1.165, 1.54) is 96.6 Å². The first-order valence-electron chi connectivity index (χ1n) is 24.2. The van der Waals surface area contributed by atoms with E-state index >= 15 is 0 Å². The van der Waals surface area contributed by atoms with Crippen molar-refractivity contribution in [1.82, 2.24) is 0 Å². The molecule has 14 rings (SSSR count). The fourth-order valence-corrected chi connectivity index (χ4v) is 12.7. The lowest BCUT2D eigenvalue weighted by molar-refractivity contribution is 0.660. The number of thiophene rings is 1. The molecule has 0 amide bonds. The van der Waals surface area contributed by atoms with Crippen molar-refractivity contribution in [2.45, 2.75) is 19.3 Å². The van der Waals surface area contributed by atoms with Gasteiger partial charge in [-0.25, -0.2) is 0 Å². The van der Waals surface area contributed by atoms with E-state index in [0.717, 1.165) is 34.1 Å². The summed E-state index contributed by atoms with van der Waals surface area (Å²) in [5.74, 6) is 0. The molecule has 3 heteroatoms. The van der Waals surface area contributed by atoms with E-state index in [1.807, 2.05) is 11.3 Å². The predicted molar refractivity (Wildman–Crippen MR) is 302 cm³/mol. The third kappa shape index (κ3) is 6.32. The van der Waals surface area contributed by atoms with Gasteiger partial charge in [-0.2, -0.15) is 0 Å². The lowest BCUT2D eigenvalue weighted by Gasteiger charge is -2.30. The topological polar surface area (TPSA) is 6.48 Å². The second-order valence-corrected chi connectivity index (χ2v) is 20.4. The Balaban J connectivity index is 0.913. The number of anilines is 6. The predicted octanol–water partition coefficient (Wildman–Crippen LogP) is 19.6. The maximum absolute atomic E-state index is 2.46. The molecule has 0 bridgehead atoms. The van der Waals surface area contributed by atoms with E-state index < -0.39 is 0 Å². The van der Waals surface area contributed by atoms with Crippen molar-refractivity contribution in [2.24, 2.45) is 0 Å². The second kappa shape index (κ2) is 15.8. The number of hydrogen-bond acceptors (Lipinski definition) is 3. The van der Waals surface area contributed by atoms with Crippen LogP contribution in [0.25, 0.3) is 85.5 Å². The first kappa shape index (κ1) is 40.6. The molecule has 1 aromatic heterocycles. The summed E-state index contributed by atoms with van der Waals surface area (Å²) >= 11 is 1.86. The van der Waals surface area contributed by atoms with Gasteiger partial charge < -0.3 is 9.80 Å². The fourth-order valence-electron chi connectivity index (χ4n) is 11.6. The van der Waals surface area contributed by atoms with Crippen molar-refractivity contribution >= 4 is 109 Å². The average molecular weight is 911 g/mol. The molecule has 0 atom stereocenters. The van der Waals surface area contributed by atoms with E-state index in [9.17, 15) is 0 Å². The molecule has 330 valence electrons. The van der Waals surface area contributed by atoms with Crippen molar-refractivity contribution in [3.05, 3.63) is 254 Å². The Kier molecular flexibility index (Phi) is 9.14. The highest BCUT2D eigenvalue weighted by atomic mass is 32.1. The second-order valence-electron chi connectivity index (χ2n) is 19.3. The molecule has 1 aliphatic carbocycles. The van der Waals surface area contributed by atoms with Crippen molar-refractivity contribution < 1.29 is 0 Å². The van der Waals surface area contributed by atoms with Gasteiger partial charge in [-0.05, 0) is 156 Å². The highest BCUT2D eigenvalue weighted by molar-refractivity contribution is 7.25. The van der Waals surface area contributed by atoms with Gasteiger partial charge in [0.05, 0.1) is 5.69 Å². The molecule has 0 aliphatic heterocycles. The number of nitrogens with zero attached hydrogens (tertiary/aromatic N) is 2. The summed E-state index contributed by atoms with van der Waals surface area (Å²) in [7, 11) is 0. The summed E-state index contributed by atoms with van der Waals surface area (Å²) in [6.45, 7) is 4.80. The first-order chi connectivity index (χ1) is 34.5. The minimum absolute atomic E-state index is 0.281. The molecule has 1 heterocycles. The van der Waals surface area contributed by atoms with Gasteiger partial charge in [-0.1, -0.05) is 172 Å². The fraction of sp³-hybridized carbons (Fsp3) is 0.0448. The number of rotatable bonds is 7. The molecule has 0 saturated heterocycles. The number of benzene rings is 12. The molecule has 13 aromatic rings. The maximum atomic E-state index is 2.46. The molecule has 70 heavy (non-hydrogen) atoms. The van der Waals surface area contributed by atoms with Crippen molar-refractivity contribution in [3.8, 4) is 22.3 Å². The number of hydrogen-bond donors (Lipinski definition) is 0. The van der Waals surface area contributed by atoms with E-state index in [1.54, 1.807) is 0 Å². The van der Waals surface area contributed by atoms with Crippen LogP contribution in [0.2, 0.25) is 0 Å². The molecule has 0 unspecified atom stereocenters. The third-order valence-corrected chi connectivity index (χ3v) is 16.2. The molecule has 2 nitrogen and oxygen atoms in total. The van der Waals surface area contributed by atoms with Crippen LogP contribution in [0.15, 0.2) is 243 Å². The Morgan fingerprint density at radius 1 is 0.300 bits per heavy atom. The number of para-hydroxylation sites is 1. The van der Waals surface area contributed by atoms with Crippen LogP contribution in [-0.4, -0.2) is 0 Å². The van der Waals surface area contributed by atoms with Crippen LogP contribution in [0.3, 0.4) is 0 Å². The average Bonchev–Trinajstić information content (AvgIpc) is 3.90. The monoisotopic (exact) mass is 910 g/mol. The minimum Gasteiger partial charge on any atom is -0.310 e. The van der Waals surface area contributed by atoms with Crippen molar-refractivity contribution in [3.63, 3.8) is 0 Å². The zero-order valence-electron chi connectivity index (χ0n) is 38.9. The van der Waals surface area contributed by atoms with Crippen LogP contribution in [0, 0.1) is 0 Å². The van der Waals surface area contributed by atoms with Gasteiger partial charge in [0.2, 0.25) is 0 Å². The summed E-state index contributed by atoms with van der Waals surface area (Å²) < 4.78 is 2.65. The SMILES string of the molecule is CC1(C)c2cc(N(c3ccc(-c4ccc5sc6ccccc6c5c4)cc3)c3ccc4c5ccccc5c5ccccc5c4c3)ccc2-c2ccc(N(c3ccccc3)c3cccc4ccccc34)cc21. The lowest BCUT2D eigenvalue weighted by Crippen LogP contribution is -2.17. The maximum Gasteiger partial charge on any atom is 0.0540 e. The van der Waals surface area contributed by atoms with Gasteiger partial charge in [0.15, 0.2) is 0 Å². The van der Waals surface area contributed by atoms with Crippen LogP contribution in [0.4, 0.5) is 34.1 Å². The summed E-state index contributed by atoms with van der Waals surface area (Å²) in [6.07, 6.45) is 0. The van der Waals surface area contributed by atoms with Gasteiger partial charge in [0.25, 0.3) is 0 Å². The van der Waals surface area contributed by atoms with Gasteiger partial charge in [0, 0.05) is 59.4 Å². The molecular weight excluding hydrogens is 865 g/mol. The molecule has 0 N–H and O–H groups in total. The van der Waals surface area contributed by atoms with E-state index in [-0.39, 0.29) is 5.41 Å². The Bertz CT molecular complexity index is 4180. The van der Waals surface area contributed by atoms with E-state index in [4.69, 9.17) is 0 Å². The van der Waals surface area contributed by atoms with Crippen LogP contribution in [0.1, 0.15) is 25.0 Å². The standard InChI is InChI=1S/C67H46N2S/c1-67(2)62-41-49(33-36-57(62)58-37-34-50(42-63(58)67)69(46-17-4-3-5-18-46)64-25-14-16-44-15-6-7-19-51(44)64)68(48-32-35-56-54-22-9-8-20-52(54)53-21-10-11-23-55(53)60(56)40-48)47-30-27-43(28-31-47)45-29-38-66-61(39-45)59-24-12-13-26-65(59)70-66/h3-42H,1-2H3. The zero-order valence-corrected chi connectivity index (χ0v) is 39.7. The van der Waals surface area contributed by atoms with Gasteiger partial charge in [0.1, 0.15) is 0 Å². The Morgan fingerprint density at radius 2 is 0.786 bits per heavy atom. The van der Waals surface area contributed by atoms with E-state index in [0.29, 0.717) is 0 Å². The third-order valence-electron chi connectivity index (χ3n) is 15.0. The summed E-state index contributed by atoms with van der Waals surface area (Å²) in [4.78, 5) is 4.89. The summed E-state index contributed by atoms with van der Waals surface area (Å²) in [5, 5.41) is 12.7. The molecular formula is C67H46N2S. The van der Waals surface area contributed by atoms with Gasteiger partial charge in [-0.15, -0.1) is 11.3 Å². The minimum atomic E-state index is -0.281. The smallest absolute Gasteiger partial charge is 0.0540 e. The molecule has 12 aromatic carbocycles. The van der Waals surface area contributed by atoms with Crippen molar-refractivity contribution in [2.75, 3.05) is 9.80 Å². The highest BCUT2D eigenvalue weighted by Gasteiger charge is 2.37. The lowest BCUT2D eigenvalue weighted by atomic mass is 9.82. The number of fused-ring (bicyclic) bond motifs is 13. The molecule has 1 aliphatic rings. The first-order valence-corrected chi connectivity index (χ1v) is 25.1. The van der Waals surface area contributed by atoms with Gasteiger partial charge >= 0.3 is 0 Å². The quantitative estimate of drug-likeness (QED) is 0.147. The molecule has 0 spiro atoms.